The molecule has 0 spiro atoms. The summed E-state index contributed by atoms with van der Waals surface area (Å²) in [4.78, 5) is 5.29. The highest BCUT2D eigenvalue weighted by atomic mass is 19.4. The number of nitrogens with zero attached hydrogens (tertiary/aromatic N) is 4. The normalized spacial score (nSPS) is 16.7. The van der Waals surface area contributed by atoms with E-state index in [4.69, 9.17) is 0 Å². The number of rotatable bonds is 5. The summed E-state index contributed by atoms with van der Waals surface area (Å²) in [6.07, 6.45) is -7.34. The Morgan fingerprint density at radius 1 is 1.12 bits per heavy atom. The third-order valence-corrected chi connectivity index (χ3v) is 5.59. The highest BCUT2D eigenvalue weighted by molar-refractivity contribution is 5.93. The maximum absolute atomic E-state index is 13.8. The molecule has 176 valence electrons. The van der Waals surface area contributed by atoms with Crippen molar-refractivity contribution in [2.24, 2.45) is 0 Å². The summed E-state index contributed by atoms with van der Waals surface area (Å²) in [5.41, 5.74) is -1.64. The monoisotopic (exact) mass is 467 g/mol. The van der Waals surface area contributed by atoms with E-state index in [9.17, 15) is 27.1 Å². The van der Waals surface area contributed by atoms with E-state index in [2.05, 4.69) is 20.5 Å². The number of fused-ring (bicyclic) bond motifs is 1. The summed E-state index contributed by atoms with van der Waals surface area (Å²) in [6, 6.07) is 6.71. The van der Waals surface area contributed by atoms with Crippen LogP contribution in [0.5, 0.6) is 0 Å². The highest BCUT2D eigenvalue weighted by Crippen LogP contribution is 2.41. The summed E-state index contributed by atoms with van der Waals surface area (Å²) in [5.74, 6) is 0.181. The number of hydrogen-bond donors (Lipinski definition) is 2. The SMILES string of the molecule is Cc1nnc(N[C@H](C)c2cccc(C(F)F)c2)c2cc(N3CC(C)(O)C3)c(C(F)(F)F)nc12. The Morgan fingerprint density at radius 3 is 2.39 bits per heavy atom. The van der Waals surface area contributed by atoms with E-state index in [1.54, 1.807) is 19.9 Å². The number of benzene rings is 1. The molecule has 0 saturated carbocycles. The van der Waals surface area contributed by atoms with Crippen LogP contribution in [-0.2, 0) is 6.18 Å². The van der Waals surface area contributed by atoms with Crippen LogP contribution in [0.2, 0.25) is 0 Å². The Bertz CT molecular complexity index is 1190. The van der Waals surface area contributed by atoms with E-state index < -0.39 is 29.9 Å². The van der Waals surface area contributed by atoms with Crippen LogP contribution in [0.15, 0.2) is 30.3 Å². The van der Waals surface area contributed by atoms with Crippen molar-refractivity contribution in [2.75, 3.05) is 23.3 Å². The van der Waals surface area contributed by atoms with Crippen LogP contribution in [0.1, 0.15) is 48.8 Å². The maximum Gasteiger partial charge on any atom is 0.435 e. The molecule has 4 rings (SSSR count). The van der Waals surface area contributed by atoms with Gasteiger partial charge in [0.15, 0.2) is 11.5 Å². The largest absolute Gasteiger partial charge is 0.435 e. The van der Waals surface area contributed by atoms with Crippen molar-refractivity contribution in [1.29, 1.82) is 0 Å². The predicted octanol–water partition coefficient (Wildman–Crippen LogP) is 5.03. The van der Waals surface area contributed by atoms with E-state index in [0.29, 0.717) is 10.9 Å². The van der Waals surface area contributed by atoms with Crippen molar-refractivity contribution >= 4 is 22.4 Å². The zero-order chi connectivity index (χ0) is 24.1. The van der Waals surface area contributed by atoms with Gasteiger partial charge in [0.1, 0.15) is 0 Å². The molecule has 1 saturated heterocycles. The van der Waals surface area contributed by atoms with Crippen LogP contribution >= 0.6 is 0 Å². The van der Waals surface area contributed by atoms with Crippen LogP contribution in [-0.4, -0.2) is 39.0 Å². The third-order valence-electron chi connectivity index (χ3n) is 5.59. The molecule has 3 aromatic rings. The van der Waals surface area contributed by atoms with Gasteiger partial charge in [-0.2, -0.15) is 18.3 Å². The van der Waals surface area contributed by atoms with Crippen molar-refractivity contribution in [1.82, 2.24) is 15.2 Å². The van der Waals surface area contributed by atoms with Gasteiger partial charge in [-0.1, -0.05) is 18.2 Å². The van der Waals surface area contributed by atoms with Gasteiger partial charge in [-0.15, -0.1) is 5.10 Å². The van der Waals surface area contributed by atoms with Crippen LogP contribution in [0.25, 0.3) is 10.9 Å². The maximum atomic E-state index is 13.8. The van der Waals surface area contributed by atoms with Crippen LogP contribution in [0.4, 0.5) is 33.5 Å². The predicted molar refractivity (Wildman–Crippen MR) is 113 cm³/mol. The summed E-state index contributed by atoms with van der Waals surface area (Å²) in [6.45, 7) is 4.84. The standard InChI is InChI=1S/C22H22F5N5O/c1-11(13-5-4-6-14(7-13)19(23)24)28-20-15-8-16(32-9-21(3,33)10-32)18(22(25,26)27)29-17(15)12(2)30-31-20/h4-8,11,19,33H,9-10H2,1-3H3,(H,28,31)/t11-/m1/s1. The Balaban J connectivity index is 1.78. The fourth-order valence-corrected chi connectivity index (χ4v) is 3.94. The average molecular weight is 467 g/mol. The fraction of sp³-hybridized carbons (Fsp3) is 0.409. The second-order valence-electron chi connectivity index (χ2n) is 8.57. The summed E-state index contributed by atoms with van der Waals surface area (Å²) in [5, 5.41) is 21.4. The van der Waals surface area contributed by atoms with E-state index in [1.807, 2.05) is 0 Å². The van der Waals surface area contributed by atoms with Gasteiger partial charge in [-0.25, -0.2) is 13.8 Å². The second-order valence-corrected chi connectivity index (χ2v) is 8.57. The third kappa shape index (κ3) is 4.54. The lowest BCUT2D eigenvalue weighted by Crippen LogP contribution is -2.60. The number of aliphatic hydroxyl groups is 1. The lowest BCUT2D eigenvalue weighted by Gasteiger charge is -2.46. The number of alkyl halides is 5. The molecule has 0 amide bonds. The lowest BCUT2D eigenvalue weighted by molar-refractivity contribution is -0.140. The molecule has 1 atom stereocenters. The minimum absolute atomic E-state index is 0.0281. The average Bonchev–Trinajstić information content (AvgIpc) is 2.72. The van der Waals surface area contributed by atoms with Crippen LogP contribution in [0.3, 0.4) is 0 Å². The molecular formula is C22H22F5N5O. The number of anilines is 2. The molecule has 1 aliphatic heterocycles. The van der Waals surface area contributed by atoms with Crippen molar-refractivity contribution in [3.8, 4) is 0 Å². The van der Waals surface area contributed by atoms with E-state index in [-0.39, 0.29) is 41.4 Å². The summed E-state index contributed by atoms with van der Waals surface area (Å²) in [7, 11) is 0. The van der Waals surface area contributed by atoms with Crippen molar-refractivity contribution in [3.63, 3.8) is 0 Å². The van der Waals surface area contributed by atoms with Gasteiger partial charge in [0.2, 0.25) is 0 Å². The first kappa shape index (κ1) is 23.1. The van der Waals surface area contributed by atoms with Gasteiger partial charge >= 0.3 is 6.18 Å². The first-order valence-corrected chi connectivity index (χ1v) is 10.2. The van der Waals surface area contributed by atoms with E-state index in [0.717, 1.165) is 0 Å². The number of hydrogen-bond acceptors (Lipinski definition) is 6. The smallest absolute Gasteiger partial charge is 0.386 e. The van der Waals surface area contributed by atoms with Gasteiger partial charge < -0.3 is 15.3 Å². The molecular weight excluding hydrogens is 445 g/mol. The zero-order valence-corrected chi connectivity index (χ0v) is 18.1. The van der Waals surface area contributed by atoms with Crippen molar-refractivity contribution < 1.29 is 27.1 Å². The molecule has 0 bridgehead atoms. The molecule has 1 fully saturated rings. The molecule has 2 aromatic heterocycles. The number of pyridine rings is 1. The Labute approximate surface area is 186 Å². The van der Waals surface area contributed by atoms with Gasteiger partial charge in [0.05, 0.1) is 28.5 Å². The quantitative estimate of drug-likeness (QED) is 0.513. The second kappa shape index (κ2) is 8.05. The molecule has 1 aromatic carbocycles. The van der Waals surface area contributed by atoms with Gasteiger partial charge in [-0.05, 0) is 38.5 Å². The fourth-order valence-electron chi connectivity index (χ4n) is 3.94. The van der Waals surface area contributed by atoms with Gasteiger partial charge in [0, 0.05) is 24.0 Å². The molecule has 2 N–H and O–H groups in total. The van der Waals surface area contributed by atoms with Gasteiger partial charge in [-0.3, -0.25) is 0 Å². The van der Waals surface area contributed by atoms with Crippen molar-refractivity contribution in [2.45, 2.75) is 45.0 Å². The van der Waals surface area contributed by atoms with Gasteiger partial charge in [0.25, 0.3) is 6.43 Å². The topological polar surface area (TPSA) is 74.2 Å². The minimum atomic E-state index is -4.71. The molecule has 0 aliphatic carbocycles. The molecule has 0 radical (unpaired) electrons. The Kier molecular flexibility index (Phi) is 5.63. The number of aromatic nitrogens is 3. The number of halogens is 5. The first-order chi connectivity index (χ1) is 15.4. The molecule has 3 heterocycles. The van der Waals surface area contributed by atoms with E-state index >= 15 is 0 Å². The lowest BCUT2D eigenvalue weighted by atomic mass is 9.95. The molecule has 33 heavy (non-hydrogen) atoms. The summed E-state index contributed by atoms with van der Waals surface area (Å²) < 4.78 is 67.5. The number of aryl methyl sites for hydroxylation is 1. The first-order valence-electron chi connectivity index (χ1n) is 10.2. The molecule has 1 aliphatic rings. The molecule has 6 nitrogen and oxygen atoms in total. The Morgan fingerprint density at radius 2 is 1.79 bits per heavy atom. The van der Waals surface area contributed by atoms with Crippen molar-refractivity contribution in [3.05, 3.63) is 52.8 Å². The molecule has 0 unspecified atom stereocenters. The van der Waals surface area contributed by atoms with E-state index in [1.165, 1.54) is 36.1 Å². The Hall–Kier alpha value is -3.08. The van der Waals surface area contributed by atoms with Crippen LogP contribution < -0.4 is 10.2 Å². The number of β-amino-alcohol motifs (C(OH)–C–C–N with tert-alkyl or cyclic N) is 1. The zero-order valence-electron chi connectivity index (χ0n) is 18.1. The summed E-state index contributed by atoms with van der Waals surface area (Å²) >= 11 is 0. The molecule has 11 heteroatoms. The minimum Gasteiger partial charge on any atom is -0.386 e. The van der Waals surface area contributed by atoms with Crippen LogP contribution in [0, 0.1) is 6.92 Å². The number of nitrogens with one attached hydrogen (secondary N) is 1. The highest BCUT2D eigenvalue weighted by Gasteiger charge is 2.43.